The van der Waals surface area contributed by atoms with Crippen molar-refractivity contribution in [3.8, 4) is 11.3 Å². The van der Waals surface area contributed by atoms with E-state index in [0.717, 1.165) is 54.2 Å². The number of aryl methyl sites for hydroxylation is 2. The van der Waals surface area contributed by atoms with Crippen LogP contribution in [0.25, 0.3) is 22.4 Å². The van der Waals surface area contributed by atoms with Crippen LogP contribution in [0.2, 0.25) is 0 Å². The van der Waals surface area contributed by atoms with Gasteiger partial charge in [-0.1, -0.05) is 6.92 Å². The number of fused-ring (bicyclic) bond motifs is 3. The largest absolute Gasteiger partial charge is 0.367 e. The van der Waals surface area contributed by atoms with Crippen LogP contribution >= 0.6 is 0 Å². The Morgan fingerprint density at radius 2 is 1.97 bits per heavy atom. The van der Waals surface area contributed by atoms with E-state index in [1.54, 1.807) is 10.5 Å². The first-order chi connectivity index (χ1) is 15.6. The summed E-state index contributed by atoms with van der Waals surface area (Å²) < 4.78 is 3.77. The highest BCUT2D eigenvalue weighted by atomic mass is 16.1. The zero-order valence-corrected chi connectivity index (χ0v) is 18.7. The van der Waals surface area contributed by atoms with Crippen LogP contribution in [0.4, 0.5) is 5.69 Å². The summed E-state index contributed by atoms with van der Waals surface area (Å²) in [6, 6.07) is 8.45. The van der Waals surface area contributed by atoms with E-state index in [1.807, 2.05) is 31.6 Å². The molecule has 164 valence electrons. The average molecular weight is 429 g/mol. The molecule has 0 spiro atoms. The summed E-state index contributed by atoms with van der Waals surface area (Å²) in [6.45, 7) is 8.49. The molecule has 32 heavy (non-hydrogen) atoms. The van der Waals surface area contributed by atoms with Crippen molar-refractivity contribution in [2.24, 2.45) is 0 Å². The predicted octanol–water partition coefficient (Wildman–Crippen LogP) is 3.16. The molecule has 0 aromatic carbocycles. The van der Waals surface area contributed by atoms with E-state index in [4.69, 9.17) is 4.98 Å². The lowest BCUT2D eigenvalue weighted by molar-refractivity contribution is 0.231. The second-order valence-electron chi connectivity index (χ2n) is 9.08. The molecule has 0 N–H and O–H groups in total. The fourth-order valence-corrected chi connectivity index (χ4v) is 5.37. The molecule has 0 radical (unpaired) electrons. The molecule has 2 fully saturated rings. The molecule has 2 aliphatic heterocycles. The Labute approximate surface area is 186 Å². The summed E-state index contributed by atoms with van der Waals surface area (Å²) in [5.74, 6) is 0. The van der Waals surface area contributed by atoms with Gasteiger partial charge in [0.2, 0.25) is 0 Å². The summed E-state index contributed by atoms with van der Waals surface area (Å²) in [5.41, 5.74) is 6.47. The standard InChI is InChI=1S/C25H28N6O/c1-3-21-23-11-18(14-30(23)13-17(2)26-21)22-12-25(32)31-16-20(6-7-24(31)27-22)29-10-9-28-8-4-5-19(28)15-29/h6-7,11-14,16,19H,3-5,8-10,15H2,1-2H3/t19-/m0/s1. The van der Waals surface area contributed by atoms with E-state index in [2.05, 4.69) is 38.2 Å². The van der Waals surface area contributed by atoms with Gasteiger partial charge in [0.15, 0.2) is 0 Å². The third kappa shape index (κ3) is 3.19. The van der Waals surface area contributed by atoms with Gasteiger partial charge in [0.25, 0.3) is 5.56 Å². The predicted molar refractivity (Wildman–Crippen MR) is 127 cm³/mol. The molecular weight excluding hydrogens is 400 g/mol. The van der Waals surface area contributed by atoms with E-state index in [9.17, 15) is 4.79 Å². The van der Waals surface area contributed by atoms with E-state index < -0.39 is 0 Å². The molecule has 6 heterocycles. The van der Waals surface area contributed by atoms with Gasteiger partial charge in [-0.05, 0) is 50.9 Å². The zero-order chi connectivity index (χ0) is 21.8. The van der Waals surface area contributed by atoms with Gasteiger partial charge in [0.05, 0.1) is 28.3 Å². The molecule has 4 aromatic heterocycles. The molecular formula is C25H28N6O. The van der Waals surface area contributed by atoms with Crippen molar-refractivity contribution in [2.75, 3.05) is 31.1 Å². The molecule has 4 aromatic rings. The minimum absolute atomic E-state index is 0.0494. The first-order valence-electron chi connectivity index (χ1n) is 11.6. The Hall–Kier alpha value is -3.19. The molecule has 2 aliphatic rings. The summed E-state index contributed by atoms with van der Waals surface area (Å²) >= 11 is 0. The Bertz CT molecular complexity index is 1390. The molecule has 7 nitrogen and oxygen atoms in total. The van der Waals surface area contributed by atoms with Gasteiger partial charge in [-0.15, -0.1) is 0 Å². The lowest BCUT2D eigenvalue weighted by Crippen LogP contribution is -2.50. The molecule has 6 rings (SSSR count). The van der Waals surface area contributed by atoms with E-state index >= 15 is 0 Å². The van der Waals surface area contributed by atoms with Gasteiger partial charge in [-0.25, -0.2) is 4.98 Å². The molecule has 1 atom stereocenters. The zero-order valence-electron chi connectivity index (χ0n) is 18.7. The molecule has 0 saturated carbocycles. The fraction of sp³-hybridized carbons (Fsp3) is 0.400. The number of anilines is 1. The molecule has 0 unspecified atom stereocenters. The van der Waals surface area contributed by atoms with Gasteiger partial charge < -0.3 is 9.30 Å². The minimum Gasteiger partial charge on any atom is -0.367 e. The van der Waals surface area contributed by atoms with Crippen LogP contribution in [0.15, 0.2) is 47.7 Å². The van der Waals surface area contributed by atoms with Crippen LogP contribution in [0.5, 0.6) is 0 Å². The molecule has 2 saturated heterocycles. The number of aromatic nitrogens is 4. The van der Waals surface area contributed by atoms with Crippen molar-refractivity contribution in [3.63, 3.8) is 0 Å². The second kappa shape index (κ2) is 7.45. The molecule has 7 heteroatoms. The number of piperazine rings is 1. The number of pyridine rings is 1. The van der Waals surface area contributed by atoms with Crippen molar-refractivity contribution in [1.82, 2.24) is 23.7 Å². The minimum atomic E-state index is -0.0494. The maximum absolute atomic E-state index is 13.1. The van der Waals surface area contributed by atoms with Gasteiger partial charge in [-0.2, -0.15) is 0 Å². The smallest absolute Gasteiger partial charge is 0.258 e. The Morgan fingerprint density at radius 3 is 2.84 bits per heavy atom. The quantitative estimate of drug-likeness (QED) is 0.502. The van der Waals surface area contributed by atoms with Crippen LogP contribution in [-0.2, 0) is 6.42 Å². The van der Waals surface area contributed by atoms with Crippen LogP contribution in [0, 0.1) is 6.92 Å². The Kier molecular flexibility index (Phi) is 4.54. The SMILES string of the molecule is CCc1nc(C)cn2cc(-c3cc(=O)n4cc(N5CCN6CCC[C@H]6C5)ccc4n3)cc12. The number of hydrogen-bond donors (Lipinski definition) is 0. The first-order valence-corrected chi connectivity index (χ1v) is 11.6. The molecule has 0 bridgehead atoms. The lowest BCUT2D eigenvalue weighted by atomic mass is 10.1. The highest BCUT2D eigenvalue weighted by Gasteiger charge is 2.30. The number of rotatable bonds is 3. The summed E-state index contributed by atoms with van der Waals surface area (Å²) in [7, 11) is 0. The third-order valence-electron chi connectivity index (χ3n) is 7.01. The normalized spacial score (nSPS) is 19.2. The van der Waals surface area contributed by atoms with Crippen LogP contribution in [0.3, 0.4) is 0 Å². The van der Waals surface area contributed by atoms with Gasteiger partial charge >= 0.3 is 0 Å². The van der Waals surface area contributed by atoms with Crippen molar-refractivity contribution in [2.45, 2.75) is 39.2 Å². The van der Waals surface area contributed by atoms with Crippen molar-refractivity contribution >= 4 is 16.9 Å². The van der Waals surface area contributed by atoms with E-state index in [0.29, 0.717) is 17.4 Å². The maximum Gasteiger partial charge on any atom is 0.258 e. The maximum atomic E-state index is 13.1. The first kappa shape index (κ1) is 19.5. The van der Waals surface area contributed by atoms with Crippen LogP contribution in [0.1, 0.15) is 31.2 Å². The van der Waals surface area contributed by atoms with Gasteiger partial charge in [0.1, 0.15) is 5.65 Å². The third-order valence-corrected chi connectivity index (χ3v) is 7.01. The van der Waals surface area contributed by atoms with Crippen LogP contribution < -0.4 is 10.5 Å². The van der Waals surface area contributed by atoms with E-state index in [1.165, 1.54) is 19.4 Å². The Balaban J connectivity index is 1.37. The molecule has 0 amide bonds. The fourth-order valence-electron chi connectivity index (χ4n) is 5.37. The highest BCUT2D eigenvalue weighted by Crippen LogP contribution is 2.26. The molecule has 0 aliphatic carbocycles. The Morgan fingerprint density at radius 1 is 1.06 bits per heavy atom. The average Bonchev–Trinajstić information content (AvgIpc) is 3.44. The number of nitrogens with zero attached hydrogens (tertiary/aromatic N) is 6. The highest BCUT2D eigenvalue weighted by molar-refractivity contribution is 5.70. The van der Waals surface area contributed by atoms with Crippen molar-refractivity contribution < 1.29 is 0 Å². The van der Waals surface area contributed by atoms with Crippen LogP contribution in [-0.4, -0.2) is 55.9 Å². The summed E-state index contributed by atoms with van der Waals surface area (Å²) in [5, 5.41) is 0. The topological polar surface area (TPSA) is 58.2 Å². The van der Waals surface area contributed by atoms with Gasteiger partial charge in [-0.3, -0.25) is 19.1 Å². The lowest BCUT2D eigenvalue weighted by Gasteiger charge is -2.38. The van der Waals surface area contributed by atoms with Gasteiger partial charge in [0, 0.05) is 55.9 Å². The number of hydrogen-bond acceptors (Lipinski definition) is 5. The van der Waals surface area contributed by atoms with Crippen molar-refractivity contribution in [3.05, 3.63) is 64.6 Å². The van der Waals surface area contributed by atoms with Crippen molar-refractivity contribution in [1.29, 1.82) is 0 Å². The summed E-state index contributed by atoms with van der Waals surface area (Å²) in [4.78, 5) is 27.5. The van der Waals surface area contributed by atoms with E-state index in [-0.39, 0.29) is 5.56 Å². The summed E-state index contributed by atoms with van der Waals surface area (Å²) in [6.07, 6.45) is 9.44. The monoisotopic (exact) mass is 428 g/mol. The second-order valence-corrected chi connectivity index (χ2v) is 9.08.